The van der Waals surface area contributed by atoms with Crippen molar-refractivity contribution < 1.29 is 9.59 Å². The lowest BCUT2D eigenvalue weighted by Gasteiger charge is -1.90. The van der Waals surface area contributed by atoms with Gasteiger partial charge in [-0.1, -0.05) is 53.5 Å². The predicted molar refractivity (Wildman–Crippen MR) is 73.7 cm³/mol. The van der Waals surface area contributed by atoms with Gasteiger partial charge in [-0.2, -0.15) is 0 Å². The quantitative estimate of drug-likeness (QED) is 0.769. The van der Waals surface area contributed by atoms with Crippen LogP contribution in [0, 0.1) is 0 Å². The Kier molecular flexibility index (Phi) is 6.12. The molecule has 2 rings (SSSR count). The predicted octanol–water partition coefficient (Wildman–Crippen LogP) is 4.31. The number of carbonyl (C=O) groups excluding carboxylic acids is 2. The molecule has 0 saturated heterocycles. The van der Waals surface area contributed by atoms with E-state index in [0.717, 1.165) is 12.6 Å². The van der Waals surface area contributed by atoms with Crippen LogP contribution in [0.15, 0.2) is 48.5 Å². The van der Waals surface area contributed by atoms with Crippen LogP contribution in [0.25, 0.3) is 0 Å². The monoisotopic (exact) mass is 280 g/mol. The van der Waals surface area contributed by atoms with Gasteiger partial charge >= 0.3 is 0 Å². The van der Waals surface area contributed by atoms with Gasteiger partial charge in [-0.15, -0.1) is 0 Å². The molecule has 0 atom stereocenters. The molecule has 2 aromatic carbocycles. The fourth-order valence-electron chi connectivity index (χ4n) is 1.15. The summed E-state index contributed by atoms with van der Waals surface area (Å²) in [6, 6.07) is 13.7. The van der Waals surface area contributed by atoms with E-state index in [-0.39, 0.29) is 0 Å². The van der Waals surface area contributed by atoms with Gasteiger partial charge in [-0.25, -0.2) is 0 Å². The fourth-order valence-corrected chi connectivity index (χ4v) is 1.53. The Morgan fingerprint density at radius 2 is 1.56 bits per heavy atom. The third-order valence-corrected chi connectivity index (χ3v) is 2.60. The van der Waals surface area contributed by atoms with Gasteiger partial charge in [0.15, 0.2) is 6.29 Å². The van der Waals surface area contributed by atoms with E-state index >= 15 is 0 Å². The van der Waals surface area contributed by atoms with Gasteiger partial charge in [0, 0.05) is 16.1 Å². The first kappa shape index (κ1) is 14.4. The Hall–Kier alpha value is -1.64. The van der Waals surface area contributed by atoms with E-state index in [0.29, 0.717) is 21.2 Å². The second kappa shape index (κ2) is 7.64. The number of hydrogen-bond acceptors (Lipinski definition) is 2. The zero-order chi connectivity index (χ0) is 13.4. The van der Waals surface area contributed by atoms with Crippen LogP contribution in [0.4, 0.5) is 0 Å². The Labute approximate surface area is 115 Å². The zero-order valence-corrected chi connectivity index (χ0v) is 10.9. The molecule has 0 radical (unpaired) electrons. The lowest BCUT2D eigenvalue weighted by Crippen LogP contribution is -1.77. The Bertz CT molecular complexity index is 539. The van der Waals surface area contributed by atoms with Crippen LogP contribution >= 0.6 is 23.2 Å². The summed E-state index contributed by atoms with van der Waals surface area (Å²) in [5.74, 6) is 0. The fraction of sp³-hybridized carbons (Fsp3) is 0. The van der Waals surface area contributed by atoms with Crippen LogP contribution in [0.3, 0.4) is 0 Å². The maximum Gasteiger partial charge on any atom is 0.151 e. The zero-order valence-electron chi connectivity index (χ0n) is 9.35. The molecule has 0 fully saturated rings. The molecule has 0 bridgehead atoms. The highest BCUT2D eigenvalue weighted by molar-refractivity contribution is 6.32. The molecule has 2 nitrogen and oxygen atoms in total. The molecule has 0 spiro atoms. The van der Waals surface area contributed by atoms with Crippen molar-refractivity contribution in [2.45, 2.75) is 0 Å². The number of rotatable bonds is 2. The maximum atomic E-state index is 10.1. The number of benzene rings is 2. The summed E-state index contributed by atoms with van der Waals surface area (Å²) >= 11 is 11.2. The summed E-state index contributed by atoms with van der Waals surface area (Å²) in [6.07, 6.45) is 1.51. The number of hydrogen-bond donors (Lipinski definition) is 0. The van der Waals surface area contributed by atoms with Gasteiger partial charge in [0.05, 0.1) is 5.02 Å². The first-order chi connectivity index (χ1) is 8.67. The number of aldehydes is 2. The lowest BCUT2D eigenvalue weighted by atomic mass is 10.2. The van der Waals surface area contributed by atoms with E-state index in [1.165, 1.54) is 0 Å². The average Bonchev–Trinajstić information content (AvgIpc) is 2.40. The SMILES string of the molecule is O=Cc1cccc(Cl)c1.O=Cc1ccccc1Cl. The minimum absolute atomic E-state index is 0.507. The van der Waals surface area contributed by atoms with E-state index in [1.54, 1.807) is 48.5 Å². The molecule has 0 aliphatic rings. The van der Waals surface area contributed by atoms with Gasteiger partial charge < -0.3 is 0 Å². The van der Waals surface area contributed by atoms with Crippen LogP contribution in [0.2, 0.25) is 10.0 Å². The van der Waals surface area contributed by atoms with E-state index in [9.17, 15) is 9.59 Å². The van der Waals surface area contributed by atoms with E-state index in [4.69, 9.17) is 23.2 Å². The number of carbonyl (C=O) groups is 2. The van der Waals surface area contributed by atoms with E-state index < -0.39 is 0 Å². The Morgan fingerprint density at radius 3 is 2.00 bits per heavy atom. The summed E-state index contributed by atoms with van der Waals surface area (Å²) in [7, 11) is 0. The third kappa shape index (κ3) is 4.70. The van der Waals surface area contributed by atoms with E-state index in [1.807, 2.05) is 0 Å². The molecule has 92 valence electrons. The van der Waals surface area contributed by atoms with Crippen molar-refractivity contribution in [2.75, 3.05) is 0 Å². The molecule has 0 amide bonds. The minimum Gasteiger partial charge on any atom is -0.298 e. The molecular weight excluding hydrogens is 271 g/mol. The lowest BCUT2D eigenvalue weighted by molar-refractivity contribution is 0.111. The molecule has 4 heteroatoms. The summed E-state index contributed by atoms with van der Waals surface area (Å²) in [6.45, 7) is 0. The molecule has 0 aliphatic carbocycles. The summed E-state index contributed by atoms with van der Waals surface area (Å²) < 4.78 is 0. The van der Waals surface area contributed by atoms with Gasteiger partial charge in [0.1, 0.15) is 6.29 Å². The van der Waals surface area contributed by atoms with Crippen LogP contribution in [0.1, 0.15) is 20.7 Å². The Morgan fingerprint density at radius 1 is 0.833 bits per heavy atom. The molecular formula is C14H10Cl2O2. The van der Waals surface area contributed by atoms with Crippen molar-refractivity contribution in [3.63, 3.8) is 0 Å². The first-order valence-electron chi connectivity index (χ1n) is 5.08. The Balaban J connectivity index is 0.000000180. The van der Waals surface area contributed by atoms with Crippen LogP contribution < -0.4 is 0 Å². The summed E-state index contributed by atoms with van der Waals surface area (Å²) in [5.41, 5.74) is 1.15. The van der Waals surface area contributed by atoms with Gasteiger partial charge in [0.2, 0.25) is 0 Å². The molecule has 18 heavy (non-hydrogen) atoms. The van der Waals surface area contributed by atoms with Gasteiger partial charge in [-0.3, -0.25) is 9.59 Å². The molecule has 0 aromatic heterocycles. The molecule has 0 aliphatic heterocycles. The highest BCUT2D eigenvalue weighted by atomic mass is 35.5. The van der Waals surface area contributed by atoms with Crippen molar-refractivity contribution in [1.29, 1.82) is 0 Å². The highest BCUT2D eigenvalue weighted by Crippen LogP contribution is 2.11. The topological polar surface area (TPSA) is 34.1 Å². The summed E-state index contributed by atoms with van der Waals surface area (Å²) in [5, 5.41) is 1.10. The van der Waals surface area contributed by atoms with Crippen molar-refractivity contribution >= 4 is 35.8 Å². The first-order valence-corrected chi connectivity index (χ1v) is 5.83. The minimum atomic E-state index is 0.507. The number of halogens is 2. The van der Waals surface area contributed by atoms with Crippen molar-refractivity contribution in [2.24, 2.45) is 0 Å². The summed E-state index contributed by atoms with van der Waals surface area (Å²) in [4.78, 5) is 20.2. The molecule has 2 aromatic rings. The van der Waals surface area contributed by atoms with Crippen molar-refractivity contribution in [3.8, 4) is 0 Å². The average molecular weight is 281 g/mol. The standard InChI is InChI=1S/2C7H5ClO/c8-7-3-1-2-6(4-7)5-9;8-7-4-2-1-3-6(7)5-9/h2*1-5H. The van der Waals surface area contributed by atoms with Crippen LogP contribution in [0.5, 0.6) is 0 Å². The second-order valence-electron chi connectivity index (χ2n) is 3.31. The van der Waals surface area contributed by atoms with Crippen molar-refractivity contribution in [3.05, 3.63) is 69.7 Å². The highest BCUT2D eigenvalue weighted by Gasteiger charge is 1.92. The van der Waals surface area contributed by atoms with Crippen molar-refractivity contribution in [1.82, 2.24) is 0 Å². The normalized spacial score (nSPS) is 9.00. The molecule has 0 N–H and O–H groups in total. The second-order valence-corrected chi connectivity index (χ2v) is 4.16. The molecule has 0 saturated carbocycles. The molecule has 0 unspecified atom stereocenters. The van der Waals surface area contributed by atoms with Gasteiger partial charge in [-0.05, 0) is 18.2 Å². The smallest absolute Gasteiger partial charge is 0.151 e. The third-order valence-electron chi connectivity index (χ3n) is 2.02. The largest absolute Gasteiger partial charge is 0.298 e. The van der Waals surface area contributed by atoms with Crippen LogP contribution in [-0.4, -0.2) is 12.6 Å². The maximum absolute atomic E-state index is 10.1. The van der Waals surface area contributed by atoms with Gasteiger partial charge in [0.25, 0.3) is 0 Å². The van der Waals surface area contributed by atoms with E-state index in [2.05, 4.69) is 0 Å². The molecule has 0 heterocycles. The van der Waals surface area contributed by atoms with Crippen LogP contribution in [-0.2, 0) is 0 Å².